The van der Waals surface area contributed by atoms with Gasteiger partial charge in [0.05, 0.1) is 42.2 Å². The Morgan fingerprint density at radius 3 is 2.67 bits per heavy atom. The highest BCUT2D eigenvalue weighted by Crippen LogP contribution is 2.37. The highest BCUT2D eigenvalue weighted by Gasteiger charge is 2.35. The van der Waals surface area contributed by atoms with Crippen LogP contribution < -0.4 is 19.6 Å². The Morgan fingerprint density at radius 2 is 1.93 bits per heavy atom. The van der Waals surface area contributed by atoms with Crippen molar-refractivity contribution in [2.45, 2.75) is 39.5 Å². The lowest BCUT2D eigenvalue weighted by atomic mass is 9.95. The van der Waals surface area contributed by atoms with E-state index in [4.69, 9.17) is 30.8 Å². The van der Waals surface area contributed by atoms with Crippen molar-refractivity contribution in [2.75, 3.05) is 33.4 Å². The minimum atomic E-state index is -0.879. The van der Waals surface area contributed by atoms with Crippen molar-refractivity contribution in [3.63, 3.8) is 0 Å². The third-order valence-corrected chi connectivity index (χ3v) is 9.06. The minimum absolute atomic E-state index is 0.0109. The van der Waals surface area contributed by atoms with Gasteiger partial charge in [-0.2, -0.15) is 0 Å². The zero-order valence-electron chi connectivity index (χ0n) is 25.4. The summed E-state index contributed by atoms with van der Waals surface area (Å²) in [5.41, 5.74) is 2.57. The van der Waals surface area contributed by atoms with Gasteiger partial charge in [0.25, 0.3) is 5.56 Å². The Morgan fingerprint density at radius 1 is 1.18 bits per heavy atom. The average molecular weight is 649 g/mol. The van der Waals surface area contributed by atoms with Crippen LogP contribution in [0.15, 0.2) is 69.7 Å². The first-order chi connectivity index (χ1) is 21.7. The number of ether oxygens (including phenoxy) is 3. The van der Waals surface area contributed by atoms with Crippen LogP contribution in [0.5, 0.6) is 5.75 Å². The number of hydrogen-bond acceptors (Lipinski definition) is 8. The summed E-state index contributed by atoms with van der Waals surface area (Å²) in [6.45, 7) is 7.63. The van der Waals surface area contributed by atoms with E-state index in [0.29, 0.717) is 57.7 Å². The zero-order valence-corrected chi connectivity index (χ0v) is 27.0. The number of carbonyl (C=O) groups is 2. The van der Waals surface area contributed by atoms with Crippen molar-refractivity contribution in [2.24, 2.45) is 4.99 Å². The number of fused-ring (bicyclic) bond motifs is 2. The van der Waals surface area contributed by atoms with E-state index in [1.54, 1.807) is 39.0 Å². The molecule has 0 radical (unpaired) electrons. The number of amides is 1. The van der Waals surface area contributed by atoms with E-state index in [1.165, 1.54) is 23.0 Å². The van der Waals surface area contributed by atoms with Crippen LogP contribution in [0.25, 0.3) is 17.0 Å². The van der Waals surface area contributed by atoms with Crippen LogP contribution in [0.1, 0.15) is 37.9 Å². The third kappa shape index (κ3) is 5.95. The van der Waals surface area contributed by atoms with E-state index >= 15 is 0 Å². The van der Waals surface area contributed by atoms with E-state index in [-0.39, 0.29) is 29.7 Å². The Hall–Kier alpha value is -4.19. The van der Waals surface area contributed by atoms with Gasteiger partial charge in [-0.1, -0.05) is 41.1 Å². The summed E-state index contributed by atoms with van der Waals surface area (Å²) in [7, 11) is 1.53. The Bertz CT molecular complexity index is 2020. The number of carbonyl (C=O) groups excluding carboxylic acids is 2. The Kier molecular flexibility index (Phi) is 8.67. The van der Waals surface area contributed by atoms with Gasteiger partial charge in [0.2, 0.25) is 5.91 Å². The normalized spacial score (nSPS) is 17.1. The minimum Gasteiger partial charge on any atom is -0.496 e. The van der Waals surface area contributed by atoms with Crippen LogP contribution in [0, 0.1) is 0 Å². The lowest BCUT2D eigenvalue weighted by Gasteiger charge is -2.27. The maximum atomic E-state index is 14.3. The number of nitrogens with zero attached hydrogens (tertiary/aromatic N) is 4. The first-order valence-electron chi connectivity index (χ1n) is 14.7. The second-order valence-corrected chi connectivity index (χ2v) is 12.6. The monoisotopic (exact) mass is 648 g/mol. The molecule has 0 aliphatic carbocycles. The quantitative estimate of drug-likeness (QED) is 0.284. The molecule has 0 unspecified atom stereocenters. The largest absolute Gasteiger partial charge is 0.496 e. The summed E-state index contributed by atoms with van der Waals surface area (Å²) in [5, 5.41) is 1.34. The molecule has 2 aliphatic rings. The van der Waals surface area contributed by atoms with Gasteiger partial charge < -0.3 is 23.7 Å². The second kappa shape index (κ2) is 12.7. The van der Waals surface area contributed by atoms with Crippen LogP contribution >= 0.6 is 22.9 Å². The molecule has 4 aromatic rings. The lowest BCUT2D eigenvalue weighted by Crippen LogP contribution is -2.42. The van der Waals surface area contributed by atoms with Crippen molar-refractivity contribution in [1.29, 1.82) is 0 Å². The maximum absolute atomic E-state index is 14.3. The fourth-order valence-corrected chi connectivity index (χ4v) is 7.01. The summed E-state index contributed by atoms with van der Waals surface area (Å²) in [4.78, 5) is 47.8. The molecule has 2 aromatic heterocycles. The number of aromatic nitrogens is 2. The predicted molar refractivity (Wildman–Crippen MR) is 172 cm³/mol. The fourth-order valence-electron chi connectivity index (χ4n) is 5.79. The lowest BCUT2D eigenvalue weighted by molar-refractivity contribution is -0.143. The molecule has 234 valence electrons. The maximum Gasteiger partial charge on any atom is 0.338 e. The zero-order chi connectivity index (χ0) is 31.8. The van der Waals surface area contributed by atoms with Gasteiger partial charge in [-0.05, 0) is 51.1 Å². The predicted octanol–water partition coefficient (Wildman–Crippen LogP) is 3.66. The molecule has 4 heterocycles. The van der Waals surface area contributed by atoms with Crippen LogP contribution in [0.4, 0.5) is 0 Å². The molecule has 0 N–H and O–H groups in total. The summed E-state index contributed by atoms with van der Waals surface area (Å²) in [6.07, 6.45) is 3.34. The average Bonchev–Trinajstić information content (AvgIpc) is 3.52. The highest BCUT2D eigenvalue weighted by molar-refractivity contribution is 7.07. The van der Waals surface area contributed by atoms with Crippen molar-refractivity contribution in [3.8, 4) is 5.75 Å². The summed E-state index contributed by atoms with van der Waals surface area (Å²) < 4.78 is 20.5. The number of thiazole rings is 1. The van der Waals surface area contributed by atoms with Crippen LogP contribution in [-0.2, 0) is 25.6 Å². The van der Waals surface area contributed by atoms with Gasteiger partial charge in [0.15, 0.2) is 4.80 Å². The molecule has 1 amide bonds. The molecule has 2 aliphatic heterocycles. The van der Waals surface area contributed by atoms with Crippen molar-refractivity contribution >= 4 is 51.8 Å². The topological polar surface area (TPSA) is 104 Å². The van der Waals surface area contributed by atoms with E-state index in [1.807, 2.05) is 46.0 Å². The van der Waals surface area contributed by atoms with Gasteiger partial charge >= 0.3 is 5.97 Å². The first-order valence-corrected chi connectivity index (χ1v) is 15.9. The summed E-state index contributed by atoms with van der Waals surface area (Å²) in [5.74, 6) is -0.0890. The van der Waals surface area contributed by atoms with Gasteiger partial charge in [-0.3, -0.25) is 14.2 Å². The number of methoxy groups -OCH3 is 1. The molecule has 6 rings (SSSR count). The number of halogens is 1. The molecule has 0 bridgehead atoms. The van der Waals surface area contributed by atoms with Crippen molar-refractivity contribution < 1.29 is 23.8 Å². The first kappa shape index (κ1) is 30.8. The van der Waals surface area contributed by atoms with Gasteiger partial charge in [0, 0.05) is 46.3 Å². The molecule has 45 heavy (non-hydrogen) atoms. The van der Waals surface area contributed by atoms with Crippen LogP contribution in [0.2, 0.25) is 5.02 Å². The van der Waals surface area contributed by atoms with E-state index < -0.39 is 12.0 Å². The Labute approximate surface area is 268 Å². The van der Waals surface area contributed by atoms with Gasteiger partial charge in [-0.25, -0.2) is 9.79 Å². The highest BCUT2D eigenvalue weighted by atomic mass is 35.5. The van der Waals surface area contributed by atoms with E-state index in [9.17, 15) is 14.4 Å². The molecule has 2 aromatic carbocycles. The summed E-state index contributed by atoms with van der Waals surface area (Å²) >= 11 is 7.65. The molecule has 1 fully saturated rings. The molecule has 1 atom stereocenters. The molecule has 10 nitrogen and oxygen atoms in total. The Balaban J connectivity index is 1.49. The molecule has 12 heteroatoms. The standard InChI is InChI=1S/C33H33ClN4O6S/c1-19(2)44-32(41)29-20(3)35-33-38(30(29)24-16-22(34)9-10-26(24)42-4)31(40)27(45-33)15-21-17-37(25-8-6-5-7-23(21)25)18-28(39)36-11-13-43-14-12-36/h5-10,15-17,19,30H,11-14,18H2,1-4H3/b27-15-/t30-/m1/s1. The van der Waals surface area contributed by atoms with Gasteiger partial charge in [-0.15, -0.1) is 0 Å². The van der Waals surface area contributed by atoms with Crippen molar-refractivity contribution in [1.82, 2.24) is 14.0 Å². The SMILES string of the molecule is COc1ccc(Cl)cc1[C@@H]1C(C(=O)OC(C)C)=C(C)N=c2s/c(=C\c3cn(CC(=O)N4CCOCC4)c4ccccc34)c(=O)n21. The molecular formula is C33H33ClN4O6S. The number of para-hydroxylation sites is 1. The molecule has 0 saturated carbocycles. The van der Waals surface area contributed by atoms with E-state index in [0.717, 1.165) is 16.5 Å². The fraction of sp³-hybridized carbons (Fsp3) is 0.333. The number of hydrogen-bond donors (Lipinski definition) is 0. The van der Waals surface area contributed by atoms with Crippen LogP contribution in [0.3, 0.4) is 0 Å². The van der Waals surface area contributed by atoms with Crippen LogP contribution in [-0.4, -0.2) is 65.4 Å². The van der Waals surface area contributed by atoms with Crippen molar-refractivity contribution in [3.05, 3.63) is 95.8 Å². The molecule has 1 saturated heterocycles. The number of benzene rings is 2. The smallest absolute Gasteiger partial charge is 0.338 e. The molecule has 0 spiro atoms. The number of morpholine rings is 1. The molecular weight excluding hydrogens is 616 g/mol. The second-order valence-electron chi connectivity index (χ2n) is 11.1. The number of rotatable bonds is 7. The van der Waals surface area contributed by atoms with E-state index in [2.05, 4.69) is 0 Å². The van der Waals surface area contributed by atoms with Gasteiger partial charge in [0.1, 0.15) is 18.3 Å². The summed E-state index contributed by atoms with van der Waals surface area (Å²) in [6, 6.07) is 12.0. The number of esters is 1. The number of allylic oxidation sites excluding steroid dienone is 1. The third-order valence-electron chi connectivity index (χ3n) is 7.85.